The van der Waals surface area contributed by atoms with E-state index in [1.165, 1.54) is 12.1 Å². The molecule has 31 heavy (non-hydrogen) atoms. The molecule has 1 aliphatic heterocycles. The third-order valence-electron chi connectivity index (χ3n) is 5.02. The molecule has 0 spiro atoms. The number of carbonyl (C=O) groups excluding carboxylic acids is 2. The van der Waals surface area contributed by atoms with Crippen LogP contribution in [0, 0.1) is 5.82 Å². The van der Waals surface area contributed by atoms with Crippen molar-refractivity contribution in [1.29, 1.82) is 0 Å². The first kappa shape index (κ1) is 22.5. The summed E-state index contributed by atoms with van der Waals surface area (Å²) in [5, 5.41) is 0. The first-order chi connectivity index (χ1) is 14.6. The van der Waals surface area contributed by atoms with Gasteiger partial charge in [0.2, 0.25) is 11.8 Å². The van der Waals surface area contributed by atoms with E-state index in [0.717, 1.165) is 24.6 Å². The Hall–Kier alpha value is -3.16. The monoisotopic (exact) mass is 429 g/mol. The summed E-state index contributed by atoms with van der Waals surface area (Å²) in [7, 11) is 0. The number of rotatable bonds is 5. The molecular formula is C23H28FN3O4. The van der Waals surface area contributed by atoms with Crippen molar-refractivity contribution in [3.05, 3.63) is 59.0 Å². The van der Waals surface area contributed by atoms with Gasteiger partial charge < -0.3 is 20.1 Å². The molecule has 1 aromatic heterocycles. The zero-order valence-corrected chi connectivity index (χ0v) is 18.1. The summed E-state index contributed by atoms with van der Waals surface area (Å²) in [6, 6.07) is 9.55. The quantitative estimate of drug-likeness (QED) is 0.775. The minimum Gasteiger partial charge on any atom is -0.473 e. The highest BCUT2D eigenvalue weighted by Gasteiger charge is 2.28. The fourth-order valence-corrected chi connectivity index (χ4v) is 3.39. The molecular weight excluding hydrogens is 401 g/mol. The second kappa shape index (κ2) is 9.32. The number of likely N-dealkylation sites (tertiary alicyclic amines) is 1. The number of carbonyl (C=O) groups is 2. The SMILES string of the molecule is CC(C)(C)OC(=O)N1CCC(c2cccc(OCc3ccc(C(N)=O)cc3F)n2)CC1. The molecule has 3 rings (SSSR count). The van der Waals surface area contributed by atoms with Crippen LogP contribution < -0.4 is 10.5 Å². The predicted octanol–water partition coefficient (Wildman–Crippen LogP) is 4.01. The van der Waals surface area contributed by atoms with Gasteiger partial charge >= 0.3 is 6.09 Å². The van der Waals surface area contributed by atoms with E-state index >= 15 is 0 Å². The van der Waals surface area contributed by atoms with Gasteiger partial charge in [-0.2, -0.15) is 0 Å². The van der Waals surface area contributed by atoms with Gasteiger partial charge in [0.25, 0.3) is 0 Å². The van der Waals surface area contributed by atoms with E-state index < -0.39 is 17.3 Å². The van der Waals surface area contributed by atoms with Crippen LogP contribution in [-0.4, -0.2) is 40.6 Å². The Labute approximate surface area is 181 Å². The summed E-state index contributed by atoms with van der Waals surface area (Å²) in [4.78, 5) is 29.7. The Morgan fingerprint density at radius 2 is 1.90 bits per heavy atom. The molecule has 0 atom stereocenters. The third-order valence-corrected chi connectivity index (χ3v) is 5.02. The first-order valence-corrected chi connectivity index (χ1v) is 10.3. The lowest BCUT2D eigenvalue weighted by atomic mass is 9.93. The van der Waals surface area contributed by atoms with Crippen LogP contribution in [0.15, 0.2) is 36.4 Å². The second-order valence-electron chi connectivity index (χ2n) is 8.60. The molecule has 2 aromatic rings. The lowest BCUT2D eigenvalue weighted by molar-refractivity contribution is 0.0203. The number of nitrogens with two attached hydrogens (primary N) is 1. The van der Waals surface area contributed by atoms with Gasteiger partial charge in [-0.05, 0) is 51.8 Å². The van der Waals surface area contributed by atoms with Gasteiger partial charge in [0, 0.05) is 41.9 Å². The summed E-state index contributed by atoms with van der Waals surface area (Å²) in [5.74, 6) is -0.639. The number of halogens is 1. The third kappa shape index (κ3) is 6.16. The molecule has 166 valence electrons. The van der Waals surface area contributed by atoms with E-state index in [9.17, 15) is 14.0 Å². The lowest BCUT2D eigenvalue weighted by Crippen LogP contribution is -2.41. The molecule has 0 radical (unpaired) electrons. The van der Waals surface area contributed by atoms with Crippen molar-refractivity contribution < 1.29 is 23.5 Å². The van der Waals surface area contributed by atoms with Crippen molar-refractivity contribution in [2.75, 3.05) is 13.1 Å². The summed E-state index contributed by atoms with van der Waals surface area (Å²) >= 11 is 0. The molecule has 1 saturated heterocycles. The highest BCUT2D eigenvalue weighted by molar-refractivity contribution is 5.92. The van der Waals surface area contributed by atoms with Crippen molar-refractivity contribution in [2.24, 2.45) is 5.73 Å². The first-order valence-electron chi connectivity index (χ1n) is 10.3. The Morgan fingerprint density at radius 3 is 2.52 bits per heavy atom. The molecule has 0 unspecified atom stereocenters. The van der Waals surface area contributed by atoms with Crippen LogP contribution in [0.4, 0.5) is 9.18 Å². The van der Waals surface area contributed by atoms with Gasteiger partial charge in [-0.3, -0.25) is 4.79 Å². The van der Waals surface area contributed by atoms with Crippen LogP contribution in [0.5, 0.6) is 5.88 Å². The topological polar surface area (TPSA) is 94.7 Å². The molecule has 2 N–H and O–H groups in total. The van der Waals surface area contributed by atoms with E-state index in [1.54, 1.807) is 11.0 Å². The highest BCUT2D eigenvalue weighted by Crippen LogP contribution is 2.29. The number of hydrogen-bond donors (Lipinski definition) is 1. The van der Waals surface area contributed by atoms with Gasteiger partial charge in [0.1, 0.15) is 18.0 Å². The standard InChI is InChI=1S/C23H28FN3O4/c1-23(2,3)31-22(29)27-11-9-15(10-12-27)19-5-4-6-20(26-19)30-14-17-8-7-16(21(25)28)13-18(17)24/h4-8,13,15H,9-12,14H2,1-3H3,(H2,25,28). The van der Waals surface area contributed by atoms with Crippen LogP contribution in [0.1, 0.15) is 61.1 Å². The highest BCUT2D eigenvalue weighted by atomic mass is 19.1. The molecule has 7 nitrogen and oxygen atoms in total. The van der Waals surface area contributed by atoms with Crippen molar-refractivity contribution in [3.63, 3.8) is 0 Å². The van der Waals surface area contributed by atoms with Gasteiger partial charge in [0.05, 0.1) is 0 Å². The number of nitrogens with zero attached hydrogens (tertiary/aromatic N) is 2. The van der Waals surface area contributed by atoms with E-state index in [1.807, 2.05) is 32.9 Å². The Balaban J connectivity index is 1.57. The molecule has 1 aliphatic rings. The average molecular weight is 429 g/mol. The maximum atomic E-state index is 14.1. The Bertz CT molecular complexity index is 950. The predicted molar refractivity (Wildman–Crippen MR) is 113 cm³/mol. The largest absolute Gasteiger partial charge is 0.473 e. The Morgan fingerprint density at radius 1 is 1.19 bits per heavy atom. The Kier molecular flexibility index (Phi) is 6.77. The fraction of sp³-hybridized carbons (Fsp3) is 0.435. The zero-order valence-electron chi connectivity index (χ0n) is 18.1. The van der Waals surface area contributed by atoms with Crippen LogP contribution in [-0.2, 0) is 11.3 Å². The van der Waals surface area contributed by atoms with E-state index in [2.05, 4.69) is 4.98 Å². The molecule has 8 heteroatoms. The van der Waals surface area contributed by atoms with Crippen molar-refractivity contribution in [3.8, 4) is 5.88 Å². The summed E-state index contributed by atoms with van der Waals surface area (Å²) < 4.78 is 25.2. The number of amides is 2. The van der Waals surface area contributed by atoms with Crippen molar-refractivity contribution in [2.45, 2.75) is 51.7 Å². The van der Waals surface area contributed by atoms with E-state index in [0.29, 0.717) is 24.5 Å². The molecule has 2 heterocycles. The minimum absolute atomic E-state index is 0.0155. The van der Waals surface area contributed by atoms with Gasteiger partial charge in [-0.15, -0.1) is 0 Å². The minimum atomic E-state index is -0.682. The van der Waals surface area contributed by atoms with Gasteiger partial charge in [-0.1, -0.05) is 12.1 Å². The van der Waals surface area contributed by atoms with Crippen LogP contribution in [0.3, 0.4) is 0 Å². The maximum Gasteiger partial charge on any atom is 0.410 e. The molecule has 1 fully saturated rings. The number of benzene rings is 1. The van der Waals surface area contributed by atoms with E-state index in [-0.39, 0.29) is 24.2 Å². The zero-order chi connectivity index (χ0) is 22.6. The fourth-order valence-electron chi connectivity index (χ4n) is 3.39. The smallest absolute Gasteiger partial charge is 0.410 e. The summed E-state index contributed by atoms with van der Waals surface area (Å²) in [6.45, 7) is 6.74. The van der Waals surface area contributed by atoms with Crippen LogP contribution >= 0.6 is 0 Å². The number of aromatic nitrogens is 1. The molecule has 2 amide bonds. The normalized spacial score (nSPS) is 14.9. The number of primary amides is 1. The average Bonchev–Trinajstić information content (AvgIpc) is 2.72. The number of ether oxygens (including phenoxy) is 2. The van der Waals surface area contributed by atoms with Crippen LogP contribution in [0.2, 0.25) is 0 Å². The summed E-state index contributed by atoms with van der Waals surface area (Å²) in [5.41, 5.74) is 5.95. The molecule has 0 saturated carbocycles. The number of piperidine rings is 1. The maximum absolute atomic E-state index is 14.1. The molecule has 1 aromatic carbocycles. The van der Waals surface area contributed by atoms with E-state index in [4.69, 9.17) is 15.2 Å². The molecule has 0 aliphatic carbocycles. The summed E-state index contributed by atoms with van der Waals surface area (Å²) in [6.07, 6.45) is 1.26. The molecule has 0 bridgehead atoms. The van der Waals surface area contributed by atoms with Gasteiger partial charge in [-0.25, -0.2) is 14.2 Å². The van der Waals surface area contributed by atoms with Gasteiger partial charge in [0.15, 0.2) is 0 Å². The lowest BCUT2D eigenvalue weighted by Gasteiger charge is -2.33. The number of hydrogen-bond acceptors (Lipinski definition) is 5. The van der Waals surface area contributed by atoms with Crippen LogP contribution in [0.25, 0.3) is 0 Å². The van der Waals surface area contributed by atoms with Crippen molar-refractivity contribution in [1.82, 2.24) is 9.88 Å². The second-order valence-corrected chi connectivity index (χ2v) is 8.60. The van der Waals surface area contributed by atoms with Crippen molar-refractivity contribution >= 4 is 12.0 Å². The number of pyridine rings is 1.